The molecule has 1 aromatic rings. The number of nitrogen functional groups attached to an aromatic ring is 1. The molecule has 13 atom stereocenters. The van der Waals surface area contributed by atoms with Gasteiger partial charge in [-0.15, -0.1) is 6.42 Å². The Bertz CT molecular complexity index is 1370. The Morgan fingerprint density at radius 3 is 2.56 bits per heavy atom. The molecule has 1 aliphatic carbocycles. The van der Waals surface area contributed by atoms with E-state index in [2.05, 4.69) is 20.9 Å². The molecule has 0 aromatic carbocycles. The number of phosphoric ester groups is 1. The zero-order valence-electron chi connectivity index (χ0n) is 21.7. The minimum atomic E-state index is -5.41. The number of nitrogens with zero attached hydrogens (tertiary/aromatic N) is 2. The molecule has 19 nitrogen and oxygen atoms in total. The van der Waals surface area contributed by atoms with E-state index in [-0.39, 0.29) is 17.3 Å². The molecule has 1 aromatic heterocycles. The number of nitrogens with two attached hydrogens (primary N) is 1. The second kappa shape index (κ2) is 12.2. The summed E-state index contributed by atoms with van der Waals surface area (Å²) in [7, 11) is -5.41. The van der Waals surface area contributed by atoms with Crippen LogP contribution in [0.3, 0.4) is 0 Å². The number of rotatable bonds is 12. The summed E-state index contributed by atoms with van der Waals surface area (Å²) in [6.45, 7) is -3.12. The molecule has 1 saturated carbocycles. The highest BCUT2D eigenvalue weighted by atomic mass is 32.5. The minimum Gasteiger partial charge on any atom is -0.460 e. The highest BCUT2D eigenvalue weighted by Gasteiger charge is 2.73. The van der Waals surface area contributed by atoms with E-state index in [4.69, 9.17) is 52.3 Å². The van der Waals surface area contributed by atoms with Crippen LogP contribution < -0.4 is 10.5 Å². The molecule has 43 heavy (non-hydrogen) atoms. The zero-order chi connectivity index (χ0) is 32.1. The van der Waals surface area contributed by atoms with E-state index < -0.39 is 93.9 Å². The molecule has 2 saturated heterocycles. The first-order chi connectivity index (χ1) is 20.0. The summed E-state index contributed by atoms with van der Waals surface area (Å²) in [5, 5.41) is 71.9. The van der Waals surface area contributed by atoms with Crippen LogP contribution in [0.25, 0.3) is 0 Å². The van der Waals surface area contributed by atoms with Gasteiger partial charge in [-0.1, -0.05) is 12.5 Å². The van der Waals surface area contributed by atoms with Gasteiger partial charge in [-0.3, -0.25) is 4.52 Å². The van der Waals surface area contributed by atoms with Crippen molar-refractivity contribution < 1.29 is 77.7 Å². The second-order valence-corrected chi connectivity index (χ2v) is 14.0. The van der Waals surface area contributed by atoms with E-state index in [0.717, 1.165) is 12.6 Å². The largest absolute Gasteiger partial charge is 0.481 e. The molecule has 0 amide bonds. The van der Waals surface area contributed by atoms with Crippen LogP contribution in [0, 0.1) is 24.2 Å². The number of aliphatic hydroxyl groups excluding tert-OH is 5. The maximum atomic E-state index is 12.6. The highest BCUT2D eigenvalue weighted by Crippen LogP contribution is 2.65. The Kier molecular flexibility index (Phi) is 9.73. The predicted molar refractivity (Wildman–Crippen MR) is 141 cm³/mol. The van der Waals surface area contributed by atoms with Gasteiger partial charge in [0.25, 0.3) is 0 Å². The van der Waals surface area contributed by atoms with E-state index in [1.54, 1.807) is 0 Å². The number of aromatic nitrogens is 2. The minimum absolute atomic E-state index is 0.184. The van der Waals surface area contributed by atoms with Crippen LogP contribution in [0.5, 0.6) is 5.75 Å². The quantitative estimate of drug-likeness (QED) is 0.0584. The summed E-state index contributed by atoms with van der Waals surface area (Å²) in [5.74, 6) is -4.04. The molecule has 0 radical (unpaired) electrons. The van der Waals surface area contributed by atoms with Gasteiger partial charge in [0.1, 0.15) is 30.3 Å². The number of ether oxygens (including phenoxy) is 3. The molecule has 0 bridgehead atoms. The Morgan fingerprint density at radius 1 is 1.28 bits per heavy atom. The normalized spacial score (nSPS) is 40.4. The lowest BCUT2D eigenvalue weighted by Gasteiger charge is -2.49. The van der Waals surface area contributed by atoms with Crippen molar-refractivity contribution in [3.8, 4) is 18.1 Å². The molecule has 3 aliphatic rings. The Labute approximate surface area is 247 Å². The van der Waals surface area contributed by atoms with Crippen molar-refractivity contribution in [2.24, 2.45) is 11.8 Å². The first-order valence-corrected chi connectivity index (χ1v) is 16.2. The molecule has 11 N–H and O–H groups in total. The van der Waals surface area contributed by atoms with Crippen molar-refractivity contribution in [2.45, 2.75) is 54.3 Å². The molecule has 4 rings (SSSR count). The second-order valence-electron chi connectivity index (χ2n) is 9.67. The van der Waals surface area contributed by atoms with Crippen LogP contribution in [-0.2, 0) is 39.2 Å². The standard InChI is InChI=1S/C21H29N3O16P2S/c1-3-20(30)16(29)9(37-17(20)12-15(35-4-2)18(22)24-7-23-12)6-36-42(34,43)40-41(32,33)39-19-11-14(28)13(27)10(8(26)5-25)21(11,31)38-19/h1,4,7-11,13-14,16-17,19,25-31H,2,5-6H2,(H,32,33)(H,34,43)(H2,22,23,24)/t8-,9+,10?,11?,13?,14?,16+,17?,19?,20+,21?,42?/m0/s1. The molecule has 3 fully saturated rings. The zero-order valence-corrected chi connectivity index (χ0v) is 24.3. The lowest BCUT2D eigenvalue weighted by molar-refractivity contribution is -0.427. The van der Waals surface area contributed by atoms with Crippen molar-refractivity contribution >= 4 is 32.2 Å². The number of hydrogen-bond donors (Lipinski definition) is 10. The molecular formula is C21H29N3O16P2S. The molecule has 9 unspecified atom stereocenters. The van der Waals surface area contributed by atoms with Crippen LogP contribution >= 0.6 is 14.5 Å². The average Bonchev–Trinajstić information content (AvgIpc) is 3.25. The number of terminal acetylenes is 1. The third kappa shape index (κ3) is 6.12. The fourth-order valence-corrected chi connectivity index (χ4v) is 8.26. The smallest absolute Gasteiger partial charge is 0.460 e. The van der Waals surface area contributed by atoms with Crippen molar-refractivity contribution in [1.82, 2.24) is 9.97 Å². The summed E-state index contributed by atoms with van der Waals surface area (Å²) >= 11 is 4.74. The molecule has 240 valence electrons. The van der Waals surface area contributed by atoms with Crippen LogP contribution in [-0.4, -0.2) is 117 Å². The van der Waals surface area contributed by atoms with Gasteiger partial charge in [0.15, 0.2) is 29.2 Å². The highest BCUT2D eigenvalue weighted by molar-refractivity contribution is 8.08. The summed E-state index contributed by atoms with van der Waals surface area (Å²) < 4.78 is 42.8. The van der Waals surface area contributed by atoms with E-state index in [0.29, 0.717) is 0 Å². The van der Waals surface area contributed by atoms with E-state index in [9.17, 15) is 45.0 Å². The predicted octanol–water partition coefficient (Wildman–Crippen LogP) is -3.52. The average molecular weight is 673 g/mol. The van der Waals surface area contributed by atoms with Gasteiger partial charge < -0.3 is 70.0 Å². The summed E-state index contributed by atoms with van der Waals surface area (Å²) in [5.41, 5.74) is 3.13. The molecule has 0 spiro atoms. The topological polar surface area (TPSA) is 306 Å². The molecule has 2 aliphatic heterocycles. The van der Waals surface area contributed by atoms with Gasteiger partial charge in [0, 0.05) is 0 Å². The van der Waals surface area contributed by atoms with Gasteiger partial charge in [0.2, 0.25) is 0 Å². The maximum absolute atomic E-state index is 12.6. The monoisotopic (exact) mass is 673 g/mol. The van der Waals surface area contributed by atoms with Crippen LogP contribution in [0.1, 0.15) is 11.8 Å². The van der Waals surface area contributed by atoms with Crippen molar-refractivity contribution in [3.63, 3.8) is 0 Å². The summed E-state index contributed by atoms with van der Waals surface area (Å²) in [4.78, 5) is 28.3. The lowest BCUT2D eigenvalue weighted by Crippen LogP contribution is -2.64. The first-order valence-electron chi connectivity index (χ1n) is 12.1. The van der Waals surface area contributed by atoms with Gasteiger partial charge in [-0.2, -0.15) is 0 Å². The van der Waals surface area contributed by atoms with E-state index in [1.807, 2.05) is 5.92 Å². The van der Waals surface area contributed by atoms with Crippen LogP contribution in [0.4, 0.5) is 5.82 Å². The van der Waals surface area contributed by atoms with Gasteiger partial charge in [-0.05, 0) is 11.8 Å². The lowest BCUT2D eigenvalue weighted by atomic mass is 9.86. The Balaban J connectivity index is 1.42. The number of fused-ring (bicyclic) bond motifs is 1. The number of hydrogen-bond acceptors (Lipinski definition) is 18. The van der Waals surface area contributed by atoms with Crippen molar-refractivity contribution in [1.29, 1.82) is 0 Å². The summed E-state index contributed by atoms with van der Waals surface area (Å²) in [6.07, 6.45) is -4.92. The maximum Gasteiger partial charge on any atom is 0.481 e. The molecular weight excluding hydrogens is 644 g/mol. The number of anilines is 1. The fraction of sp³-hybridized carbons (Fsp3) is 0.619. The SMILES string of the molecule is C#C[C@]1(O)C(c2ncnc(N)c2OC=C)O[C@H](COP(O)(=S)OP(=O)(O)OC2OC3(O)C2C(O)C(O)C3[C@@H](O)CO)[C@H]1O. The third-order valence-electron chi connectivity index (χ3n) is 7.14. The Hall–Kier alpha value is -1.70. The van der Waals surface area contributed by atoms with Gasteiger partial charge in [0.05, 0.1) is 49.6 Å². The fourth-order valence-electron chi connectivity index (χ4n) is 5.16. The van der Waals surface area contributed by atoms with Crippen molar-refractivity contribution in [2.75, 3.05) is 18.9 Å². The van der Waals surface area contributed by atoms with Crippen LogP contribution in [0.2, 0.25) is 0 Å². The van der Waals surface area contributed by atoms with Gasteiger partial charge in [-0.25, -0.2) is 18.8 Å². The summed E-state index contributed by atoms with van der Waals surface area (Å²) in [6, 6.07) is 0. The third-order valence-corrected chi connectivity index (χ3v) is 10.7. The molecule has 22 heteroatoms. The van der Waals surface area contributed by atoms with Crippen LogP contribution in [0.15, 0.2) is 19.2 Å². The Morgan fingerprint density at radius 2 is 1.95 bits per heavy atom. The van der Waals surface area contributed by atoms with Crippen molar-refractivity contribution in [3.05, 3.63) is 24.9 Å². The molecule has 3 heterocycles. The number of aliphatic hydroxyl groups is 7. The van der Waals surface area contributed by atoms with Gasteiger partial charge >= 0.3 is 14.5 Å². The first kappa shape index (κ1) is 34.2. The van der Waals surface area contributed by atoms with E-state index >= 15 is 0 Å². The van der Waals surface area contributed by atoms with E-state index in [1.165, 1.54) is 0 Å². The number of phosphoric acid groups is 1.